The normalized spacial score (nSPS) is 10.4. The predicted molar refractivity (Wildman–Crippen MR) is 58.0 cm³/mol. The maximum atomic E-state index is 11.8. The van der Waals surface area contributed by atoms with Gasteiger partial charge in [0.15, 0.2) is 0 Å². The van der Waals surface area contributed by atoms with Gasteiger partial charge < -0.3 is 5.32 Å². The SMILES string of the molecule is O=C(CCC(F)F)Nc1ccc(Br)cc1. The van der Waals surface area contributed by atoms with E-state index in [4.69, 9.17) is 0 Å². The highest BCUT2D eigenvalue weighted by atomic mass is 79.9. The monoisotopic (exact) mass is 277 g/mol. The third kappa shape index (κ3) is 4.88. The summed E-state index contributed by atoms with van der Waals surface area (Å²) in [4.78, 5) is 11.1. The van der Waals surface area contributed by atoms with Gasteiger partial charge in [0.2, 0.25) is 12.3 Å². The van der Waals surface area contributed by atoms with Gasteiger partial charge in [-0.25, -0.2) is 8.78 Å². The lowest BCUT2D eigenvalue weighted by Gasteiger charge is -2.04. The van der Waals surface area contributed by atoms with E-state index in [1.54, 1.807) is 24.3 Å². The quantitative estimate of drug-likeness (QED) is 0.898. The van der Waals surface area contributed by atoms with E-state index in [2.05, 4.69) is 21.2 Å². The number of anilines is 1. The van der Waals surface area contributed by atoms with Crippen molar-refractivity contribution in [2.45, 2.75) is 19.3 Å². The zero-order valence-electron chi connectivity index (χ0n) is 7.84. The largest absolute Gasteiger partial charge is 0.326 e. The second kappa shape index (κ2) is 5.80. The number of alkyl halides is 2. The van der Waals surface area contributed by atoms with Crippen LogP contribution in [-0.4, -0.2) is 12.3 Å². The molecule has 0 unspecified atom stereocenters. The molecule has 2 nitrogen and oxygen atoms in total. The molecule has 0 saturated carbocycles. The van der Waals surface area contributed by atoms with E-state index < -0.39 is 18.8 Å². The summed E-state index contributed by atoms with van der Waals surface area (Å²) in [6.45, 7) is 0. The Balaban J connectivity index is 2.41. The Kier molecular flexibility index (Phi) is 4.68. The summed E-state index contributed by atoms with van der Waals surface area (Å²) in [5.74, 6) is -0.391. The van der Waals surface area contributed by atoms with E-state index >= 15 is 0 Å². The third-order valence-corrected chi connectivity index (χ3v) is 2.25. The van der Waals surface area contributed by atoms with Gasteiger partial charge in [-0.2, -0.15) is 0 Å². The first-order valence-electron chi connectivity index (χ1n) is 4.41. The van der Waals surface area contributed by atoms with Crippen molar-refractivity contribution in [1.82, 2.24) is 0 Å². The molecular weight excluding hydrogens is 268 g/mol. The average molecular weight is 278 g/mol. The molecule has 1 aromatic rings. The van der Waals surface area contributed by atoms with E-state index in [-0.39, 0.29) is 6.42 Å². The zero-order chi connectivity index (χ0) is 11.3. The van der Waals surface area contributed by atoms with Gasteiger partial charge in [-0.3, -0.25) is 4.79 Å². The molecule has 0 bridgehead atoms. The maximum Gasteiger partial charge on any atom is 0.239 e. The summed E-state index contributed by atoms with van der Waals surface area (Å²) in [5.41, 5.74) is 0.609. The van der Waals surface area contributed by atoms with Crippen LogP contribution in [0.1, 0.15) is 12.8 Å². The lowest BCUT2D eigenvalue weighted by molar-refractivity contribution is -0.116. The first kappa shape index (κ1) is 12.1. The highest BCUT2D eigenvalue weighted by Crippen LogP contribution is 2.14. The molecule has 0 radical (unpaired) electrons. The van der Waals surface area contributed by atoms with Gasteiger partial charge in [-0.05, 0) is 24.3 Å². The van der Waals surface area contributed by atoms with Crippen LogP contribution in [0.2, 0.25) is 0 Å². The summed E-state index contributed by atoms with van der Waals surface area (Å²) < 4.78 is 24.5. The van der Waals surface area contributed by atoms with Crippen LogP contribution in [0.3, 0.4) is 0 Å². The lowest BCUT2D eigenvalue weighted by Crippen LogP contribution is -2.12. The second-order valence-corrected chi connectivity index (χ2v) is 3.90. The molecule has 0 spiro atoms. The van der Waals surface area contributed by atoms with Crippen molar-refractivity contribution in [1.29, 1.82) is 0 Å². The molecule has 0 aromatic heterocycles. The Morgan fingerprint density at radius 2 is 1.93 bits per heavy atom. The number of rotatable bonds is 4. The average Bonchev–Trinajstić information content (AvgIpc) is 2.19. The van der Waals surface area contributed by atoms with E-state index in [0.717, 1.165) is 4.47 Å². The van der Waals surface area contributed by atoms with Crippen molar-refractivity contribution in [2.75, 3.05) is 5.32 Å². The fourth-order valence-electron chi connectivity index (χ4n) is 0.997. The summed E-state index contributed by atoms with van der Waals surface area (Å²) in [6, 6.07) is 6.93. The lowest BCUT2D eigenvalue weighted by atomic mass is 10.2. The number of hydrogen-bond donors (Lipinski definition) is 1. The molecule has 0 aliphatic carbocycles. The van der Waals surface area contributed by atoms with Crippen molar-refractivity contribution in [3.63, 3.8) is 0 Å². The Hall–Kier alpha value is -0.970. The molecule has 0 aliphatic rings. The van der Waals surface area contributed by atoms with Crippen molar-refractivity contribution in [3.05, 3.63) is 28.7 Å². The first-order valence-corrected chi connectivity index (χ1v) is 5.21. The number of benzene rings is 1. The fraction of sp³-hybridized carbons (Fsp3) is 0.300. The molecule has 1 aromatic carbocycles. The molecule has 1 rings (SSSR count). The minimum absolute atomic E-state index is 0.159. The summed E-state index contributed by atoms with van der Waals surface area (Å²) >= 11 is 3.25. The van der Waals surface area contributed by atoms with Gasteiger partial charge in [0, 0.05) is 23.0 Å². The van der Waals surface area contributed by atoms with Crippen LogP contribution in [0.4, 0.5) is 14.5 Å². The second-order valence-electron chi connectivity index (χ2n) is 2.98. The minimum atomic E-state index is -2.43. The summed E-state index contributed by atoms with van der Waals surface area (Å²) in [6.07, 6.45) is -2.99. The highest BCUT2D eigenvalue weighted by molar-refractivity contribution is 9.10. The molecule has 0 atom stereocenters. The van der Waals surface area contributed by atoms with Crippen molar-refractivity contribution in [2.24, 2.45) is 0 Å². The Morgan fingerprint density at radius 1 is 1.33 bits per heavy atom. The molecule has 82 valence electrons. The Morgan fingerprint density at radius 3 is 2.47 bits per heavy atom. The van der Waals surface area contributed by atoms with Gasteiger partial charge in [-0.1, -0.05) is 15.9 Å². The molecule has 0 saturated heterocycles. The van der Waals surface area contributed by atoms with Crippen LogP contribution < -0.4 is 5.32 Å². The molecule has 0 heterocycles. The van der Waals surface area contributed by atoms with Gasteiger partial charge in [-0.15, -0.1) is 0 Å². The zero-order valence-corrected chi connectivity index (χ0v) is 9.43. The molecule has 5 heteroatoms. The topological polar surface area (TPSA) is 29.1 Å². The number of halogens is 3. The third-order valence-electron chi connectivity index (χ3n) is 1.72. The highest BCUT2D eigenvalue weighted by Gasteiger charge is 2.07. The van der Waals surface area contributed by atoms with Gasteiger partial charge in [0.1, 0.15) is 0 Å². The first-order chi connectivity index (χ1) is 7.08. The summed E-state index contributed by atoms with van der Waals surface area (Å²) in [7, 11) is 0. The molecule has 1 amide bonds. The molecule has 15 heavy (non-hydrogen) atoms. The van der Waals surface area contributed by atoms with Crippen LogP contribution in [0.25, 0.3) is 0 Å². The predicted octanol–water partition coefficient (Wildman–Crippen LogP) is 3.43. The summed E-state index contributed by atoms with van der Waals surface area (Å²) in [5, 5.41) is 2.53. The number of carbonyl (C=O) groups is 1. The van der Waals surface area contributed by atoms with Gasteiger partial charge in [0.05, 0.1) is 0 Å². The molecule has 0 aliphatic heterocycles. The van der Waals surface area contributed by atoms with Gasteiger partial charge >= 0.3 is 0 Å². The number of nitrogens with one attached hydrogen (secondary N) is 1. The number of amides is 1. The van der Waals surface area contributed by atoms with Gasteiger partial charge in [0.25, 0.3) is 0 Å². The van der Waals surface area contributed by atoms with Crippen LogP contribution in [-0.2, 0) is 4.79 Å². The fourth-order valence-corrected chi connectivity index (χ4v) is 1.26. The van der Waals surface area contributed by atoms with E-state index in [1.165, 1.54) is 0 Å². The van der Waals surface area contributed by atoms with Crippen molar-refractivity contribution in [3.8, 4) is 0 Å². The van der Waals surface area contributed by atoms with E-state index in [9.17, 15) is 13.6 Å². The molecule has 0 fully saturated rings. The van der Waals surface area contributed by atoms with Crippen LogP contribution >= 0.6 is 15.9 Å². The van der Waals surface area contributed by atoms with Crippen molar-refractivity contribution >= 4 is 27.5 Å². The molecular formula is C10H10BrF2NO. The van der Waals surface area contributed by atoms with Crippen LogP contribution in [0.5, 0.6) is 0 Å². The smallest absolute Gasteiger partial charge is 0.239 e. The Bertz CT molecular complexity index is 327. The molecule has 1 N–H and O–H groups in total. The minimum Gasteiger partial charge on any atom is -0.326 e. The van der Waals surface area contributed by atoms with Crippen LogP contribution in [0.15, 0.2) is 28.7 Å². The standard InChI is InChI=1S/C10H10BrF2NO/c11-7-1-3-8(4-2-7)14-10(15)6-5-9(12)13/h1-4,9H,5-6H2,(H,14,15). The number of hydrogen-bond acceptors (Lipinski definition) is 1. The van der Waals surface area contributed by atoms with E-state index in [1.807, 2.05) is 0 Å². The maximum absolute atomic E-state index is 11.8. The van der Waals surface area contributed by atoms with E-state index in [0.29, 0.717) is 5.69 Å². The van der Waals surface area contributed by atoms with Crippen LogP contribution in [0, 0.1) is 0 Å². The Labute approximate surface area is 94.8 Å². The number of carbonyl (C=O) groups excluding carboxylic acids is 1. The van der Waals surface area contributed by atoms with Crippen molar-refractivity contribution < 1.29 is 13.6 Å².